The van der Waals surface area contributed by atoms with Crippen LogP contribution in [0.4, 0.5) is 10.1 Å². The molecule has 2 aromatic carbocycles. The monoisotopic (exact) mass is 358 g/mol. The Balaban J connectivity index is 1.71. The van der Waals surface area contributed by atoms with Crippen molar-refractivity contribution in [2.75, 3.05) is 12.4 Å². The maximum absolute atomic E-state index is 12.8. The number of ether oxygens (including phenoxy) is 1. The molecule has 0 radical (unpaired) electrons. The average Bonchev–Trinajstić information content (AvgIpc) is 2.62. The van der Waals surface area contributed by atoms with Crippen molar-refractivity contribution in [2.45, 2.75) is 26.3 Å². The molecule has 6 heteroatoms. The van der Waals surface area contributed by atoms with Crippen molar-refractivity contribution < 1.29 is 18.7 Å². The molecule has 2 rings (SSSR count). The summed E-state index contributed by atoms with van der Waals surface area (Å²) in [5, 5.41) is 5.54. The Labute approximate surface area is 152 Å². The lowest BCUT2D eigenvalue weighted by Gasteiger charge is -2.12. The van der Waals surface area contributed by atoms with Crippen molar-refractivity contribution in [3.05, 3.63) is 59.9 Å². The van der Waals surface area contributed by atoms with Crippen LogP contribution in [0, 0.1) is 11.7 Å². The van der Waals surface area contributed by atoms with E-state index in [0.717, 1.165) is 11.3 Å². The van der Waals surface area contributed by atoms with Gasteiger partial charge >= 0.3 is 0 Å². The molecule has 0 aliphatic rings. The van der Waals surface area contributed by atoms with E-state index in [1.54, 1.807) is 7.11 Å². The van der Waals surface area contributed by atoms with Gasteiger partial charge in [-0.1, -0.05) is 19.1 Å². The molecule has 0 bridgehead atoms. The van der Waals surface area contributed by atoms with Gasteiger partial charge in [0.1, 0.15) is 11.6 Å². The first-order chi connectivity index (χ1) is 12.5. The first-order valence-corrected chi connectivity index (χ1v) is 8.41. The molecular weight excluding hydrogens is 335 g/mol. The number of carbonyl (C=O) groups is 2. The maximum atomic E-state index is 12.8. The number of benzene rings is 2. The predicted octanol–water partition coefficient (Wildman–Crippen LogP) is 3.51. The van der Waals surface area contributed by atoms with Crippen LogP contribution >= 0.6 is 0 Å². The van der Waals surface area contributed by atoms with Crippen LogP contribution in [0.1, 0.15) is 25.3 Å². The highest BCUT2D eigenvalue weighted by Crippen LogP contribution is 2.13. The summed E-state index contributed by atoms with van der Waals surface area (Å²) in [5.41, 5.74) is 1.51. The highest BCUT2D eigenvalue weighted by molar-refractivity contribution is 5.91. The summed E-state index contributed by atoms with van der Waals surface area (Å²) in [4.78, 5) is 24.0. The lowest BCUT2D eigenvalue weighted by molar-refractivity contribution is -0.122. The number of hydrogen-bond donors (Lipinski definition) is 2. The molecule has 5 nitrogen and oxygen atoms in total. The van der Waals surface area contributed by atoms with Crippen molar-refractivity contribution in [1.82, 2.24) is 5.32 Å². The van der Waals surface area contributed by atoms with Gasteiger partial charge in [0.15, 0.2) is 0 Å². The summed E-state index contributed by atoms with van der Waals surface area (Å²) >= 11 is 0. The number of carbonyl (C=O) groups excluding carboxylic acids is 2. The first kappa shape index (κ1) is 19.4. The Bertz CT molecular complexity index is 730. The van der Waals surface area contributed by atoms with Gasteiger partial charge in [-0.25, -0.2) is 4.39 Å². The fourth-order valence-corrected chi connectivity index (χ4v) is 2.47. The molecule has 1 unspecified atom stereocenters. The Hall–Kier alpha value is -2.89. The van der Waals surface area contributed by atoms with Crippen molar-refractivity contribution in [1.29, 1.82) is 0 Å². The largest absolute Gasteiger partial charge is 0.497 e. The van der Waals surface area contributed by atoms with E-state index in [2.05, 4.69) is 10.6 Å². The third-order valence-corrected chi connectivity index (χ3v) is 3.84. The summed E-state index contributed by atoms with van der Waals surface area (Å²) in [6.45, 7) is 2.27. The van der Waals surface area contributed by atoms with E-state index >= 15 is 0 Å². The van der Waals surface area contributed by atoms with Gasteiger partial charge in [0, 0.05) is 25.1 Å². The smallest absolute Gasteiger partial charge is 0.224 e. The van der Waals surface area contributed by atoms with Crippen LogP contribution in [0.5, 0.6) is 5.75 Å². The third-order valence-electron chi connectivity index (χ3n) is 3.84. The quantitative estimate of drug-likeness (QED) is 0.759. The van der Waals surface area contributed by atoms with Gasteiger partial charge in [0.05, 0.1) is 7.11 Å². The zero-order valence-corrected chi connectivity index (χ0v) is 14.9. The molecule has 0 fully saturated rings. The Morgan fingerprint density at radius 1 is 1.00 bits per heavy atom. The zero-order valence-electron chi connectivity index (χ0n) is 14.9. The summed E-state index contributed by atoms with van der Waals surface area (Å²) in [6, 6.07) is 13.0. The molecule has 0 heterocycles. The lowest BCUT2D eigenvalue weighted by Crippen LogP contribution is -2.26. The van der Waals surface area contributed by atoms with Gasteiger partial charge in [-0.2, -0.15) is 0 Å². The molecule has 2 amide bonds. The van der Waals surface area contributed by atoms with E-state index in [1.807, 2.05) is 31.2 Å². The number of anilines is 1. The minimum Gasteiger partial charge on any atom is -0.497 e. The van der Waals surface area contributed by atoms with Crippen molar-refractivity contribution >= 4 is 17.5 Å². The second-order valence-corrected chi connectivity index (χ2v) is 6.19. The Kier molecular flexibility index (Phi) is 7.14. The molecule has 1 atom stereocenters. The van der Waals surface area contributed by atoms with E-state index < -0.39 is 0 Å². The van der Waals surface area contributed by atoms with Gasteiger partial charge in [-0.3, -0.25) is 9.59 Å². The average molecular weight is 358 g/mol. The van der Waals surface area contributed by atoms with Crippen LogP contribution < -0.4 is 15.4 Å². The van der Waals surface area contributed by atoms with Gasteiger partial charge in [-0.15, -0.1) is 0 Å². The SMILES string of the molecule is COc1ccc(CNC(=O)CC(C)CC(=O)Nc2ccc(F)cc2)cc1. The topological polar surface area (TPSA) is 67.4 Å². The van der Waals surface area contributed by atoms with Crippen molar-refractivity contribution in [2.24, 2.45) is 5.92 Å². The Morgan fingerprint density at radius 2 is 1.62 bits per heavy atom. The van der Waals surface area contributed by atoms with Crippen molar-refractivity contribution in [3.63, 3.8) is 0 Å². The van der Waals surface area contributed by atoms with Crippen molar-refractivity contribution in [3.8, 4) is 5.75 Å². The first-order valence-electron chi connectivity index (χ1n) is 8.41. The van der Waals surface area contributed by atoms with Crippen LogP contribution in [-0.4, -0.2) is 18.9 Å². The van der Waals surface area contributed by atoms with E-state index in [-0.39, 0.29) is 36.4 Å². The van der Waals surface area contributed by atoms with Crippen LogP contribution in [0.15, 0.2) is 48.5 Å². The van der Waals surface area contributed by atoms with Crippen LogP contribution in [0.2, 0.25) is 0 Å². The fourth-order valence-electron chi connectivity index (χ4n) is 2.47. The second-order valence-electron chi connectivity index (χ2n) is 6.19. The minimum atomic E-state index is -0.357. The molecule has 0 saturated heterocycles. The number of nitrogens with one attached hydrogen (secondary N) is 2. The number of methoxy groups -OCH3 is 1. The molecule has 0 aliphatic heterocycles. The number of amides is 2. The summed E-state index contributed by atoms with van der Waals surface area (Å²) < 4.78 is 17.9. The highest BCUT2D eigenvalue weighted by Gasteiger charge is 2.13. The van der Waals surface area contributed by atoms with Gasteiger partial charge in [0.2, 0.25) is 11.8 Å². The standard InChI is InChI=1S/C20H23FN2O3/c1-14(12-20(25)23-17-7-5-16(21)6-8-17)11-19(24)22-13-15-3-9-18(26-2)10-4-15/h3-10,14H,11-13H2,1-2H3,(H,22,24)(H,23,25). The van der Waals surface area contributed by atoms with Crippen LogP contribution in [0.25, 0.3) is 0 Å². The van der Waals surface area contributed by atoms with Gasteiger partial charge in [0.25, 0.3) is 0 Å². The summed E-state index contributed by atoms with van der Waals surface area (Å²) in [5.74, 6) is -0.00737. The zero-order chi connectivity index (χ0) is 18.9. The van der Waals surface area contributed by atoms with Gasteiger partial charge < -0.3 is 15.4 Å². The summed E-state index contributed by atoms with van der Waals surface area (Å²) in [6.07, 6.45) is 0.473. The van der Waals surface area contributed by atoms with E-state index in [9.17, 15) is 14.0 Å². The molecule has 0 spiro atoms. The molecule has 26 heavy (non-hydrogen) atoms. The molecule has 138 valence electrons. The maximum Gasteiger partial charge on any atom is 0.224 e. The molecule has 2 aromatic rings. The number of hydrogen-bond acceptors (Lipinski definition) is 3. The molecular formula is C20H23FN2O3. The fraction of sp³-hybridized carbons (Fsp3) is 0.300. The molecule has 0 aliphatic carbocycles. The number of rotatable bonds is 8. The van der Waals surface area contributed by atoms with Gasteiger partial charge in [-0.05, 0) is 47.9 Å². The van der Waals surface area contributed by atoms with Crippen LogP contribution in [0.3, 0.4) is 0 Å². The Morgan fingerprint density at radius 3 is 2.23 bits per heavy atom. The predicted molar refractivity (Wildman–Crippen MR) is 98.3 cm³/mol. The second kappa shape index (κ2) is 9.56. The van der Waals surface area contributed by atoms with E-state index in [0.29, 0.717) is 12.2 Å². The summed E-state index contributed by atoms with van der Waals surface area (Å²) in [7, 11) is 1.60. The van der Waals surface area contributed by atoms with Crippen LogP contribution in [-0.2, 0) is 16.1 Å². The lowest BCUT2D eigenvalue weighted by atomic mass is 10.0. The normalized spacial score (nSPS) is 11.5. The highest BCUT2D eigenvalue weighted by atomic mass is 19.1. The molecule has 2 N–H and O–H groups in total. The number of halogens is 1. The third kappa shape index (κ3) is 6.55. The minimum absolute atomic E-state index is 0.105. The molecule has 0 saturated carbocycles. The molecule has 0 aromatic heterocycles. The van der Waals surface area contributed by atoms with E-state index in [4.69, 9.17) is 4.74 Å². The van der Waals surface area contributed by atoms with E-state index in [1.165, 1.54) is 24.3 Å².